The van der Waals surface area contributed by atoms with Crippen LogP contribution in [0, 0.1) is 0 Å². The Hall–Kier alpha value is -0.590. The molecule has 0 fully saturated rings. The van der Waals surface area contributed by atoms with Crippen molar-refractivity contribution >= 4 is 33.2 Å². The molecule has 0 bridgehead atoms. The van der Waals surface area contributed by atoms with Crippen molar-refractivity contribution < 1.29 is 13.5 Å². The van der Waals surface area contributed by atoms with E-state index >= 15 is 0 Å². The average molecular weight is 336 g/mol. The van der Waals surface area contributed by atoms with Gasteiger partial charge in [-0.05, 0) is 31.0 Å². The lowest BCUT2D eigenvalue weighted by atomic mass is 10.2. The second-order valence-electron chi connectivity index (χ2n) is 4.71. The summed E-state index contributed by atoms with van der Waals surface area (Å²) in [5.74, 6) is 0. The van der Waals surface area contributed by atoms with E-state index in [1.54, 1.807) is 0 Å². The third-order valence-corrected chi connectivity index (χ3v) is 5.85. The number of sulfonamides is 1. The van der Waals surface area contributed by atoms with Crippen molar-refractivity contribution in [2.75, 3.05) is 13.1 Å². The zero-order valence-corrected chi connectivity index (χ0v) is 13.3. The molecule has 110 valence electrons. The van der Waals surface area contributed by atoms with Gasteiger partial charge in [0.1, 0.15) is 4.90 Å². The van der Waals surface area contributed by atoms with Crippen molar-refractivity contribution in [2.45, 2.75) is 24.8 Å². The van der Waals surface area contributed by atoms with E-state index in [1.807, 2.05) is 13.0 Å². The number of rotatable bonds is 3. The highest BCUT2D eigenvalue weighted by atomic mass is 35.5. The SMILES string of the molecule is CC1=CCCN(S(=O)(=O)c2cc(CO)c(Cl)cc2Cl)C1. The Balaban J connectivity index is 2.47. The highest BCUT2D eigenvalue weighted by molar-refractivity contribution is 7.89. The third-order valence-electron chi connectivity index (χ3n) is 3.19. The summed E-state index contributed by atoms with van der Waals surface area (Å²) in [4.78, 5) is -0.0117. The number of benzene rings is 1. The van der Waals surface area contributed by atoms with Gasteiger partial charge in [0.15, 0.2) is 0 Å². The maximum absolute atomic E-state index is 12.6. The predicted molar refractivity (Wildman–Crippen MR) is 79.5 cm³/mol. The highest BCUT2D eigenvalue weighted by Gasteiger charge is 2.28. The number of nitrogens with zero attached hydrogens (tertiary/aromatic N) is 1. The zero-order valence-electron chi connectivity index (χ0n) is 10.9. The second kappa shape index (κ2) is 6.03. The van der Waals surface area contributed by atoms with Gasteiger partial charge >= 0.3 is 0 Å². The van der Waals surface area contributed by atoms with Gasteiger partial charge in [-0.25, -0.2) is 8.42 Å². The minimum Gasteiger partial charge on any atom is -0.392 e. The maximum atomic E-state index is 12.6. The van der Waals surface area contributed by atoms with E-state index in [-0.39, 0.29) is 21.5 Å². The van der Waals surface area contributed by atoms with Crippen LogP contribution in [-0.2, 0) is 16.6 Å². The molecule has 1 aromatic carbocycles. The molecule has 1 aliphatic heterocycles. The Kier molecular flexibility index (Phi) is 4.76. The number of halogens is 2. The number of hydrogen-bond acceptors (Lipinski definition) is 3. The van der Waals surface area contributed by atoms with Gasteiger partial charge in [0.2, 0.25) is 10.0 Å². The number of aliphatic hydroxyl groups is 1. The highest BCUT2D eigenvalue weighted by Crippen LogP contribution is 2.31. The van der Waals surface area contributed by atoms with Crippen molar-refractivity contribution in [3.05, 3.63) is 39.4 Å². The first-order valence-corrected chi connectivity index (χ1v) is 8.30. The molecular weight excluding hydrogens is 321 g/mol. The smallest absolute Gasteiger partial charge is 0.244 e. The van der Waals surface area contributed by atoms with Gasteiger partial charge in [-0.2, -0.15) is 4.31 Å². The predicted octanol–water partition coefficient (Wildman–Crippen LogP) is 2.83. The van der Waals surface area contributed by atoms with Crippen molar-refractivity contribution in [3.8, 4) is 0 Å². The molecule has 0 spiro atoms. The molecular formula is C13H15Cl2NO3S. The van der Waals surface area contributed by atoms with Crippen LogP contribution < -0.4 is 0 Å². The van der Waals surface area contributed by atoms with E-state index in [9.17, 15) is 13.5 Å². The van der Waals surface area contributed by atoms with Crippen LogP contribution in [0.1, 0.15) is 18.9 Å². The van der Waals surface area contributed by atoms with Crippen molar-refractivity contribution in [1.29, 1.82) is 0 Å². The molecule has 0 saturated heterocycles. The molecule has 0 atom stereocenters. The lowest BCUT2D eigenvalue weighted by Gasteiger charge is -2.26. The Bertz CT molecular complexity index is 656. The van der Waals surface area contributed by atoms with Crippen LogP contribution in [0.3, 0.4) is 0 Å². The van der Waals surface area contributed by atoms with Crippen molar-refractivity contribution in [3.63, 3.8) is 0 Å². The molecule has 1 aliphatic rings. The van der Waals surface area contributed by atoms with Crippen molar-refractivity contribution in [2.24, 2.45) is 0 Å². The van der Waals surface area contributed by atoms with Gasteiger partial charge in [0.05, 0.1) is 11.6 Å². The summed E-state index contributed by atoms with van der Waals surface area (Å²) in [7, 11) is -3.68. The van der Waals surface area contributed by atoms with Crippen LogP contribution in [0.25, 0.3) is 0 Å². The number of aliphatic hydroxyl groups excluding tert-OH is 1. The standard InChI is InChI=1S/C13H15Cl2NO3S/c1-9-3-2-4-16(7-9)20(18,19)13-5-10(8-17)11(14)6-12(13)15/h3,5-6,17H,2,4,7-8H2,1H3. The molecule has 1 heterocycles. The van der Waals surface area contributed by atoms with E-state index in [0.717, 1.165) is 5.57 Å². The topological polar surface area (TPSA) is 57.6 Å². The minimum atomic E-state index is -3.68. The third kappa shape index (κ3) is 3.02. The van der Waals surface area contributed by atoms with Gasteiger partial charge in [-0.1, -0.05) is 34.9 Å². The van der Waals surface area contributed by atoms with Gasteiger partial charge in [-0.15, -0.1) is 0 Å². The van der Waals surface area contributed by atoms with Gasteiger partial charge in [0.25, 0.3) is 0 Å². The minimum absolute atomic E-state index is 0.0117. The largest absolute Gasteiger partial charge is 0.392 e. The Morgan fingerprint density at radius 3 is 2.60 bits per heavy atom. The lowest BCUT2D eigenvalue weighted by Crippen LogP contribution is -2.35. The van der Waals surface area contributed by atoms with E-state index in [1.165, 1.54) is 16.4 Å². The van der Waals surface area contributed by atoms with E-state index in [4.69, 9.17) is 23.2 Å². The normalized spacial score (nSPS) is 17.1. The van der Waals surface area contributed by atoms with Crippen LogP contribution in [0.4, 0.5) is 0 Å². The summed E-state index contributed by atoms with van der Waals surface area (Å²) in [6.45, 7) is 2.34. The second-order valence-corrected chi connectivity index (χ2v) is 7.43. The molecule has 0 aromatic heterocycles. The molecule has 0 unspecified atom stereocenters. The van der Waals surface area contributed by atoms with Gasteiger partial charge in [0, 0.05) is 18.1 Å². The monoisotopic (exact) mass is 335 g/mol. The molecule has 1 aromatic rings. The van der Waals surface area contributed by atoms with Crippen LogP contribution in [0.2, 0.25) is 10.0 Å². The molecule has 7 heteroatoms. The zero-order chi connectivity index (χ0) is 14.9. The quantitative estimate of drug-likeness (QED) is 0.864. The van der Waals surface area contributed by atoms with Gasteiger partial charge < -0.3 is 5.11 Å². The maximum Gasteiger partial charge on any atom is 0.244 e. The lowest BCUT2D eigenvalue weighted by molar-refractivity contribution is 0.281. The van der Waals surface area contributed by atoms with Crippen molar-refractivity contribution in [1.82, 2.24) is 4.31 Å². The summed E-state index contributed by atoms with van der Waals surface area (Å²) in [6, 6.07) is 2.70. The first-order valence-electron chi connectivity index (χ1n) is 6.11. The molecule has 4 nitrogen and oxygen atoms in total. The van der Waals surface area contributed by atoms with Gasteiger partial charge in [-0.3, -0.25) is 0 Å². The molecule has 20 heavy (non-hydrogen) atoms. The summed E-state index contributed by atoms with van der Waals surface area (Å²) >= 11 is 11.9. The Morgan fingerprint density at radius 1 is 1.30 bits per heavy atom. The summed E-state index contributed by atoms with van der Waals surface area (Å²) < 4.78 is 26.6. The van der Waals surface area contributed by atoms with Crippen LogP contribution in [0.15, 0.2) is 28.7 Å². The molecule has 1 N–H and O–H groups in total. The molecule has 0 saturated carbocycles. The van der Waals surface area contributed by atoms with E-state index in [2.05, 4.69) is 0 Å². The molecule has 0 radical (unpaired) electrons. The first kappa shape index (κ1) is 15.8. The molecule has 0 amide bonds. The molecule has 2 rings (SSSR count). The fourth-order valence-electron chi connectivity index (χ4n) is 2.11. The summed E-state index contributed by atoms with van der Waals surface area (Å²) in [5.41, 5.74) is 1.35. The van der Waals surface area contributed by atoms with E-state index in [0.29, 0.717) is 25.1 Å². The van der Waals surface area contributed by atoms with Crippen LogP contribution >= 0.6 is 23.2 Å². The summed E-state index contributed by atoms with van der Waals surface area (Å²) in [5, 5.41) is 9.53. The Morgan fingerprint density at radius 2 is 2.00 bits per heavy atom. The van der Waals surface area contributed by atoms with Crippen LogP contribution in [-0.4, -0.2) is 30.9 Å². The number of hydrogen-bond donors (Lipinski definition) is 1. The fraction of sp³-hybridized carbons (Fsp3) is 0.385. The van der Waals surface area contributed by atoms with Crippen LogP contribution in [0.5, 0.6) is 0 Å². The van der Waals surface area contributed by atoms with E-state index < -0.39 is 10.0 Å². The first-order chi connectivity index (χ1) is 9.36. The molecule has 0 aliphatic carbocycles. The Labute approximate surface area is 128 Å². The fourth-order valence-corrected chi connectivity index (χ4v) is 4.44. The average Bonchev–Trinajstić information content (AvgIpc) is 2.38. The summed E-state index contributed by atoms with van der Waals surface area (Å²) in [6.07, 6.45) is 2.71.